The van der Waals surface area contributed by atoms with Crippen LogP contribution in [0.3, 0.4) is 0 Å². The molecule has 0 aliphatic heterocycles. The topological polar surface area (TPSA) is 15.3 Å². The first-order chi connectivity index (χ1) is 7.69. The van der Waals surface area contributed by atoms with Gasteiger partial charge in [-0.2, -0.15) is 0 Å². The quantitative estimate of drug-likeness (QED) is 0.767. The fourth-order valence-electron chi connectivity index (χ4n) is 1.83. The summed E-state index contributed by atoms with van der Waals surface area (Å²) in [6.45, 7) is 1.05. The zero-order valence-corrected chi connectivity index (χ0v) is 11.5. The summed E-state index contributed by atoms with van der Waals surface area (Å²) < 4.78 is 0. The number of nitrogens with one attached hydrogen (secondary N) is 1. The van der Waals surface area contributed by atoms with Crippen LogP contribution in [-0.4, -0.2) is 38.8 Å². The average molecular weight is 238 g/mol. The minimum atomic E-state index is 0.503. The zero-order valence-electron chi connectivity index (χ0n) is 10.7. The van der Waals surface area contributed by atoms with Gasteiger partial charge in [0, 0.05) is 10.9 Å². The maximum absolute atomic E-state index is 3.21. The summed E-state index contributed by atoms with van der Waals surface area (Å²) in [6.07, 6.45) is 3.25. The minimum Gasteiger partial charge on any atom is -0.320 e. The summed E-state index contributed by atoms with van der Waals surface area (Å²) in [6, 6.07) is 9.40. The van der Waals surface area contributed by atoms with Crippen LogP contribution in [-0.2, 0) is 0 Å². The van der Waals surface area contributed by atoms with Crippen LogP contribution in [0.25, 0.3) is 0 Å². The lowest BCUT2D eigenvalue weighted by Gasteiger charge is -2.24. The Hall–Kier alpha value is -0.510. The third-order valence-corrected chi connectivity index (χ3v) is 3.54. The lowest BCUT2D eigenvalue weighted by molar-refractivity contribution is 0.283. The van der Waals surface area contributed by atoms with Gasteiger partial charge in [-0.05, 0) is 58.1 Å². The molecule has 0 fully saturated rings. The molecule has 0 heterocycles. The van der Waals surface area contributed by atoms with E-state index in [4.69, 9.17) is 0 Å². The van der Waals surface area contributed by atoms with E-state index in [1.807, 2.05) is 7.05 Å². The van der Waals surface area contributed by atoms with Crippen LogP contribution in [0.15, 0.2) is 29.2 Å². The Bertz CT molecular complexity index is 295. The first-order valence-electron chi connectivity index (χ1n) is 5.64. The smallest absolute Gasteiger partial charge is 0.0354 e. The van der Waals surface area contributed by atoms with Crippen molar-refractivity contribution in [1.29, 1.82) is 0 Å². The van der Waals surface area contributed by atoms with Crippen molar-refractivity contribution in [2.24, 2.45) is 0 Å². The highest BCUT2D eigenvalue weighted by Gasteiger charge is 2.12. The van der Waals surface area contributed by atoms with Crippen molar-refractivity contribution >= 4 is 11.8 Å². The summed E-state index contributed by atoms with van der Waals surface area (Å²) in [7, 11) is 6.29. The van der Waals surface area contributed by atoms with E-state index in [9.17, 15) is 0 Å². The Morgan fingerprint density at radius 2 is 1.88 bits per heavy atom. The Labute approximate surface area is 103 Å². The predicted molar refractivity (Wildman–Crippen MR) is 73.2 cm³/mol. The second kappa shape index (κ2) is 6.94. The number of rotatable bonds is 6. The first-order valence-corrected chi connectivity index (χ1v) is 6.86. The Kier molecular flexibility index (Phi) is 5.88. The lowest BCUT2D eigenvalue weighted by atomic mass is 10.0. The van der Waals surface area contributed by atoms with Gasteiger partial charge in [-0.15, -0.1) is 11.8 Å². The second-order valence-electron chi connectivity index (χ2n) is 4.14. The van der Waals surface area contributed by atoms with Crippen LogP contribution >= 0.6 is 11.8 Å². The molecule has 0 aliphatic carbocycles. The molecule has 90 valence electrons. The summed E-state index contributed by atoms with van der Waals surface area (Å²) >= 11 is 1.79. The van der Waals surface area contributed by atoms with Gasteiger partial charge in [0.2, 0.25) is 0 Å². The molecule has 0 bridgehead atoms. The highest BCUT2D eigenvalue weighted by molar-refractivity contribution is 7.98. The van der Waals surface area contributed by atoms with Gasteiger partial charge in [0.15, 0.2) is 0 Å². The Morgan fingerprint density at radius 1 is 1.25 bits per heavy atom. The van der Waals surface area contributed by atoms with Crippen LogP contribution in [0.2, 0.25) is 0 Å². The van der Waals surface area contributed by atoms with Crippen molar-refractivity contribution in [3.05, 3.63) is 29.8 Å². The van der Waals surface area contributed by atoms with Crippen molar-refractivity contribution in [3.63, 3.8) is 0 Å². The third-order valence-electron chi connectivity index (χ3n) is 2.79. The Morgan fingerprint density at radius 3 is 2.31 bits per heavy atom. The fourth-order valence-corrected chi connectivity index (χ4v) is 2.24. The van der Waals surface area contributed by atoms with Crippen molar-refractivity contribution in [2.45, 2.75) is 17.4 Å². The van der Waals surface area contributed by atoms with E-state index in [2.05, 4.69) is 54.8 Å². The highest BCUT2D eigenvalue weighted by atomic mass is 32.2. The molecule has 0 saturated carbocycles. The summed E-state index contributed by atoms with van der Waals surface area (Å²) in [4.78, 5) is 3.61. The van der Waals surface area contributed by atoms with E-state index in [-0.39, 0.29) is 0 Å². The van der Waals surface area contributed by atoms with Crippen LogP contribution in [0, 0.1) is 0 Å². The molecule has 1 rings (SSSR count). The van der Waals surface area contributed by atoms with Gasteiger partial charge >= 0.3 is 0 Å². The van der Waals surface area contributed by atoms with Crippen molar-refractivity contribution < 1.29 is 0 Å². The maximum Gasteiger partial charge on any atom is 0.0354 e. The molecule has 16 heavy (non-hydrogen) atoms. The zero-order chi connectivity index (χ0) is 12.0. The molecule has 1 N–H and O–H groups in total. The number of hydrogen-bond donors (Lipinski definition) is 1. The van der Waals surface area contributed by atoms with Crippen LogP contribution in [0.5, 0.6) is 0 Å². The van der Waals surface area contributed by atoms with Gasteiger partial charge in [-0.25, -0.2) is 0 Å². The van der Waals surface area contributed by atoms with E-state index in [1.54, 1.807) is 11.8 Å². The molecule has 1 unspecified atom stereocenters. The molecular formula is C13H22N2S. The van der Waals surface area contributed by atoms with Crippen molar-refractivity contribution in [1.82, 2.24) is 10.2 Å². The van der Waals surface area contributed by atoms with E-state index in [1.165, 1.54) is 10.5 Å². The summed E-state index contributed by atoms with van der Waals surface area (Å²) in [5.41, 5.74) is 1.40. The number of nitrogens with zero attached hydrogens (tertiary/aromatic N) is 1. The van der Waals surface area contributed by atoms with Crippen LogP contribution < -0.4 is 5.32 Å². The lowest BCUT2D eigenvalue weighted by Crippen LogP contribution is -2.23. The molecule has 0 aliphatic rings. The van der Waals surface area contributed by atoms with Crippen LogP contribution in [0.4, 0.5) is 0 Å². The molecule has 3 heteroatoms. The molecule has 1 atom stereocenters. The number of hydrogen-bond acceptors (Lipinski definition) is 3. The molecular weight excluding hydrogens is 216 g/mol. The normalized spacial score (nSPS) is 13.1. The van der Waals surface area contributed by atoms with E-state index in [0.717, 1.165) is 13.0 Å². The average Bonchev–Trinajstić information content (AvgIpc) is 2.30. The van der Waals surface area contributed by atoms with E-state index in [0.29, 0.717) is 6.04 Å². The van der Waals surface area contributed by atoms with Gasteiger partial charge in [-0.1, -0.05) is 12.1 Å². The summed E-state index contributed by atoms with van der Waals surface area (Å²) in [5, 5.41) is 3.21. The largest absolute Gasteiger partial charge is 0.320 e. The number of thioether (sulfide) groups is 1. The molecule has 0 aromatic heterocycles. The van der Waals surface area contributed by atoms with Crippen molar-refractivity contribution in [3.8, 4) is 0 Å². The standard InChI is InChI=1S/C13H22N2S/c1-14-10-9-13(15(2)3)11-5-7-12(16-4)8-6-11/h5-8,13-14H,9-10H2,1-4H3. The SMILES string of the molecule is CNCCC(c1ccc(SC)cc1)N(C)C. The van der Waals surface area contributed by atoms with Crippen LogP contribution in [0.1, 0.15) is 18.0 Å². The predicted octanol–water partition coefficient (Wildman–Crippen LogP) is 2.62. The molecule has 0 amide bonds. The van der Waals surface area contributed by atoms with Gasteiger partial charge in [0.05, 0.1) is 0 Å². The van der Waals surface area contributed by atoms with E-state index < -0.39 is 0 Å². The van der Waals surface area contributed by atoms with Gasteiger partial charge < -0.3 is 10.2 Å². The minimum absolute atomic E-state index is 0.503. The van der Waals surface area contributed by atoms with Gasteiger partial charge in [0.1, 0.15) is 0 Å². The molecule has 1 aromatic carbocycles. The Balaban J connectivity index is 2.75. The third kappa shape index (κ3) is 3.81. The monoisotopic (exact) mass is 238 g/mol. The van der Waals surface area contributed by atoms with Gasteiger partial charge in [0.25, 0.3) is 0 Å². The summed E-state index contributed by atoms with van der Waals surface area (Å²) in [5.74, 6) is 0. The molecule has 0 radical (unpaired) electrons. The maximum atomic E-state index is 3.21. The molecule has 1 aromatic rings. The fraction of sp³-hybridized carbons (Fsp3) is 0.538. The molecule has 0 saturated heterocycles. The van der Waals surface area contributed by atoms with Gasteiger partial charge in [-0.3, -0.25) is 0 Å². The van der Waals surface area contributed by atoms with E-state index >= 15 is 0 Å². The highest BCUT2D eigenvalue weighted by Crippen LogP contribution is 2.24. The second-order valence-corrected chi connectivity index (χ2v) is 5.02. The number of benzene rings is 1. The molecule has 2 nitrogen and oxygen atoms in total. The first kappa shape index (κ1) is 13.6. The van der Waals surface area contributed by atoms with Crippen molar-refractivity contribution in [2.75, 3.05) is 33.9 Å². The molecule has 0 spiro atoms.